The molecule has 2 aromatic heterocycles. The summed E-state index contributed by atoms with van der Waals surface area (Å²) in [6, 6.07) is 3.69. The number of hydrogen-bond acceptors (Lipinski definition) is 4. The van der Waals surface area contributed by atoms with Crippen LogP contribution in [0.15, 0.2) is 29.2 Å². The van der Waals surface area contributed by atoms with Crippen molar-refractivity contribution in [2.45, 2.75) is 52.1 Å². The standard InChI is InChI=1S/C17H24N4O2/c1-4-14-5-6-16(23-14)15-9-12(2)7-8-20(15)17(22)13(3)21-11-18-10-19-21/h5-6,10-13,15H,4,7-9H2,1-3H3/t12-,13-,15+/m1/s1. The lowest BCUT2D eigenvalue weighted by molar-refractivity contribution is -0.139. The van der Waals surface area contributed by atoms with Crippen LogP contribution in [0.5, 0.6) is 0 Å². The zero-order valence-electron chi connectivity index (χ0n) is 14.0. The largest absolute Gasteiger partial charge is 0.464 e. The fourth-order valence-corrected chi connectivity index (χ4v) is 3.21. The molecule has 1 fully saturated rings. The highest BCUT2D eigenvalue weighted by atomic mass is 16.3. The summed E-state index contributed by atoms with van der Waals surface area (Å²) in [5.41, 5.74) is 0. The second-order valence-corrected chi connectivity index (χ2v) is 6.39. The topological polar surface area (TPSA) is 64.2 Å². The molecular formula is C17H24N4O2. The lowest BCUT2D eigenvalue weighted by atomic mass is 9.90. The number of nitrogens with zero attached hydrogens (tertiary/aromatic N) is 4. The molecule has 1 amide bonds. The van der Waals surface area contributed by atoms with Crippen molar-refractivity contribution < 1.29 is 9.21 Å². The van der Waals surface area contributed by atoms with Crippen molar-refractivity contribution in [2.24, 2.45) is 5.92 Å². The lowest BCUT2D eigenvalue weighted by Crippen LogP contribution is -2.43. The molecule has 0 spiro atoms. The van der Waals surface area contributed by atoms with E-state index in [1.54, 1.807) is 11.0 Å². The van der Waals surface area contributed by atoms with E-state index in [1.807, 2.05) is 24.0 Å². The Balaban J connectivity index is 1.84. The van der Waals surface area contributed by atoms with Crippen LogP contribution in [0.1, 0.15) is 57.2 Å². The average Bonchev–Trinajstić information content (AvgIpc) is 3.24. The Hall–Kier alpha value is -2.11. The van der Waals surface area contributed by atoms with Crippen molar-refractivity contribution in [1.29, 1.82) is 0 Å². The van der Waals surface area contributed by atoms with E-state index in [2.05, 4.69) is 23.9 Å². The van der Waals surface area contributed by atoms with Crippen molar-refractivity contribution in [1.82, 2.24) is 19.7 Å². The Morgan fingerprint density at radius 1 is 1.48 bits per heavy atom. The summed E-state index contributed by atoms with van der Waals surface area (Å²) >= 11 is 0. The third-order valence-electron chi connectivity index (χ3n) is 4.70. The number of aryl methyl sites for hydroxylation is 1. The van der Waals surface area contributed by atoms with Crippen LogP contribution < -0.4 is 0 Å². The highest BCUT2D eigenvalue weighted by molar-refractivity contribution is 5.80. The molecule has 2 aromatic rings. The van der Waals surface area contributed by atoms with Gasteiger partial charge >= 0.3 is 0 Å². The van der Waals surface area contributed by atoms with Crippen LogP contribution in [0.25, 0.3) is 0 Å². The Morgan fingerprint density at radius 2 is 2.30 bits per heavy atom. The summed E-state index contributed by atoms with van der Waals surface area (Å²) in [5.74, 6) is 2.52. The minimum absolute atomic E-state index is 0.0116. The molecule has 3 heterocycles. The monoisotopic (exact) mass is 316 g/mol. The van der Waals surface area contributed by atoms with E-state index in [9.17, 15) is 4.79 Å². The molecular weight excluding hydrogens is 292 g/mol. The van der Waals surface area contributed by atoms with Gasteiger partial charge in [-0.2, -0.15) is 5.10 Å². The van der Waals surface area contributed by atoms with Gasteiger partial charge in [-0.3, -0.25) is 4.79 Å². The molecule has 0 unspecified atom stereocenters. The van der Waals surface area contributed by atoms with E-state index >= 15 is 0 Å². The molecule has 1 aliphatic rings. The Kier molecular flexibility index (Phi) is 4.50. The zero-order valence-corrected chi connectivity index (χ0v) is 14.0. The van der Waals surface area contributed by atoms with Crippen LogP contribution in [-0.4, -0.2) is 32.1 Å². The maximum absolute atomic E-state index is 13.0. The first-order valence-electron chi connectivity index (χ1n) is 8.33. The Morgan fingerprint density at radius 3 is 2.96 bits per heavy atom. The van der Waals surface area contributed by atoms with Gasteiger partial charge < -0.3 is 9.32 Å². The Bertz CT molecular complexity index is 649. The molecule has 6 nitrogen and oxygen atoms in total. The molecule has 0 saturated carbocycles. The van der Waals surface area contributed by atoms with Gasteiger partial charge in [-0.1, -0.05) is 13.8 Å². The third kappa shape index (κ3) is 3.16. The quantitative estimate of drug-likeness (QED) is 0.870. The highest BCUT2D eigenvalue weighted by Gasteiger charge is 2.35. The second kappa shape index (κ2) is 6.56. The number of hydrogen-bond donors (Lipinski definition) is 0. The van der Waals surface area contributed by atoms with E-state index in [0.717, 1.165) is 37.3 Å². The van der Waals surface area contributed by atoms with Gasteiger partial charge in [-0.25, -0.2) is 9.67 Å². The summed E-state index contributed by atoms with van der Waals surface area (Å²) in [4.78, 5) is 18.8. The summed E-state index contributed by atoms with van der Waals surface area (Å²) in [6.45, 7) is 6.93. The van der Waals surface area contributed by atoms with Crippen LogP contribution in [0.4, 0.5) is 0 Å². The van der Waals surface area contributed by atoms with Crippen LogP contribution in [0, 0.1) is 5.92 Å². The minimum Gasteiger partial charge on any atom is -0.464 e. The van der Waals surface area contributed by atoms with Gasteiger partial charge in [0, 0.05) is 13.0 Å². The van der Waals surface area contributed by atoms with Gasteiger partial charge in [0.2, 0.25) is 5.91 Å². The van der Waals surface area contributed by atoms with Crippen molar-refractivity contribution in [3.63, 3.8) is 0 Å². The van der Waals surface area contributed by atoms with E-state index in [1.165, 1.54) is 6.33 Å². The number of likely N-dealkylation sites (tertiary alicyclic amines) is 1. The van der Waals surface area contributed by atoms with Crippen molar-refractivity contribution in [3.05, 3.63) is 36.3 Å². The molecule has 0 N–H and O–H groups in total. The first-order valence-corrected chi connectivity index (χ1v) is 8.33. The van der Waals surface area contributed by atoms with Gasteiger partial charge in [0.15, 0.2) is 0 Å². The fraction of sp³-hybridized carbons (Fsp3) is 0.588. The molecule has 1 aliphatic heterocycles. The maximum atomic E-state index is 13.0. The molecule has 3 atom stereocenters. The Labute approximate surface area is 136 Å². The van der Waals surface area contributed by atoms with Crippen LogP contribution >= 0.6 is 0 Å². The summed E-state index contributed by atoms with van der Waals surface area (Å²) in [7, 11) is 0. The molecule has 0 radical (unpaired) electrons. The number of furan rings is 1. The highest BCUT2D eigenvalue weighted by Crippen LogP contribution is 2.36. The normalized spacial score (nSPS) is 23.0. The first-order chi connectivity index (χ1) is 11.1. The fourth-order valence-electron chi connectivity index (χ4n) is 3.21. The number of amides is 1. The van der Waals surface area contributed by atoms with Gasteiger partial charge in [0.05, 0.1) is 6.04 Å². The zero-order chi connectivity index (χ0) is 16.4. The first kappa shape index (κ1) is 15.8. The van der Waals surface area contributed by atoms with Crippen LogP contribution in [-0.2, 0) is 11.2 Å². The van der Waals surface area contributed by atoms with Crippen LogP contribution in [0.2, 0.25) is 0 Å². The molecule has 0 aromatic carbocycles. The van der Waals surface area contributed by atoms with Crippen LogP contribution in [0.3, 0.4) is 0 Å². The summed E-state index contributed by atoms with van der Waals surface area (Å²) < 4.78 is 7.55. The van der Waals surface area contributed by atoms with Gasteiger partial charge in [-0.15, -0.1) is 0 Å². The molecule has 1 saturated heterocycles. The maximum Gasteiger partial charge on any atom is 0.247 e. The van der Waals surface area contributed by atoms with Gasteiger partial charge in [0.25, 0.3) is 0 Å². The average molecular weight is 316 g/mol. The summed E-state index contributed by atoms with van der Waals surface area (Å²) in [5, 5.41) is 4.10. The molecule has 124 valence electrons. The number of carbonyl (C=O) groups is 1. The SMILES string of the molecule is CCc1ccc([C@@H]2C[C@H](C)CCN2C(=O)[C@@H](C)n2cncn2)o1. The van der Waals surface area contributed by atoms with Crippen molar-refractivity contribution >= 4 is 5.91 Å². The summed E-state index contributed by atoms with van der Waals surface area (Å²) in [6.07, 6.45) is 5.87. The minimum atomic E-state index is -0.353. The van der Waals surface area contributed by atoms with E-state index < -0.39 is 0 Å². The molecule has 0 aliphatic carbocycles. The molecule has 23 heavy (non-hydrogen) atoms. The molecule has 3 rings (SSSR count). The number of carbonyl (C=O) groups excluding carboxylic acids is 1. The molecule has 6 heteroatoms. The van der Waals surface area contributed by atoms with Crippen molar-refractivity contribution in [2.75, 3.05) is 6.54 Å². The van der Waals surface area contributed by atoms with Gasteiger partial charge in [-0.05, 0) is 37.8 Å². The predicted molar refractivity (Wildman–Crippen MR) is 85.7 cm³/mol. The van der Waals surface area contributed by atoms with E-state index in [0.29, 0.717) is 5.92 Å². The van der Waals surface area contributed by atoms with Crippen molar-refractivity contribution in [3.8, 4) is 0 Å². The number of aromatic nitrogens is 3. The number of rotatable bonds is 4. The smallest absolute Gasteiger partial charge is 0.247 e. The molecule has 0 bridgehead atoms. The third-order valence-corrected chi connectivity index (χ3v) is 4.70. The predicted octanol–water partition coefficient (Wildman–Crippen LogP) is 2.99. The van der Waals surface area contributed by atoms with E-state index in [-0.39, 0.29) is 18.0 Å². The number of piperidine rings is 1. The van der Waals surface area contributed by atoms with E-state index in [4.69, 9.17) is 4.42 Å². The van der Waals surface area contributed by atoms with Gasteiger partial charge in [0.1, 0.15) is 30.2 Å². The second-order valence-electron chi connectivity index (χ2n) is 6.39. The lowest BCUT2D eigenvalue weighted by Gasteiger charge is -2.38.